The van der Waals surface area contributed by atoms with Crippen LogP contribution in [0.25, 0.3) is 0 Å². The van der Waals surface area contributed by atoms with Gasteiger partial charge in [-0.3, -0.25) is 0 Å². The summed E-state index contributed by atoms with van der Waals surface area (Å²) < 4.78 is 25.9. The molecule has 0 aliphatic rings. The van der Waals surface area contributed by atoms with Crippen LogP contribution in [0.1, 0.15) is 6.42 Å². The zero-order chi connectivity index (χ0) is 12.2. The SMILES string of the molecule is O=S(=O)(NCCCO)c1c(Cl)cccc1Cl. The maximum absolute atomic E-state index is 11.8. The van der Waals surface area contributed by atoms with Crippen molar-refractivity contribution in [2.75, 3.05) is 13.2 Å². The predicted molar refractivity (Wildman–Crippen MR) is 63.4 cm³/mol. The second-order valence-corrected chi connectivity index (χ2v) is 5.54. The average Bonchev–Trinajstić information content (AvgIpc) is 2.17. The molecule has 0 unspecified atom stereocenters. The molecule has 90 valence electrons. The fourth-order valence-corrected chi connectivity index (χ4v) is 3.31. The van der Waals surface area contributed by atoms with Gasteiger partial charge in [-0.05, 0) is 18.6 Å². The monoisotopic (exact) mass is 283 g/mol. The number of rotatable bonds is 5. The number of halogens is 2. The second-order valence-electron chi connectivity index (χ2n) is 3.03. The summed E-state index contributed by atoms with van der Waals surface area (Å²) in [4.78, 5) is -0.128. The van der Waals surface area contributed by atoms with Gasteiger partial charge >= 0.3 is 0 Å². The van der Waals surface area contributed by atoms with Gasteiger partial charge in [0.25, 0.3) is 0 Å². The molecule has 4 nitrogen and oxygen atoms in total. The molecule has 2 N–H and O–H groups in total. The molecular weight excluding hydrogens is 273 g/mol. The highest BCUT2D eigenvalue weighted by atomic mass is 35.5. The van der Waals surface area contributed by atoms with Gasteiger partial charge in [0.05, 0.1) is 10.0 Å². The fourth-order valence-electron chi connectivity index (χ4n) is 1.10. The molecule has 7 heteroatoms. The standard InChI is InChI=1S/C9H11Cl2NO3S/c10-7-3-1-4-8(11)9(7)16(14,15)12-5-2-6-13/h1,3-4,12-13H,2,5-6H2. The van der Waals surface area contributed by atoms with Crippen molar-refractivity contribution in [2.45, 2.75) is 11.3 Å². The van der Waals surface area contributed by atoms with E-state index in [1.54, 1.807) is 6.07 Å². The molecule has 0 atom stereocenters. The third-order valence-corrected chi connectivity index (χ3v) is 4.23. The van der Waals surface area contributed by atoms with Gasteiger partial charge in [-0.15, -0.1) is 0 Å². The lowest BCUT2D eigenvalue weighted by Gasteiger charge is -2.09. The highest BCUT2D eigenvalue weighted by molar-refractivity contribution is 7.89. The Labute approximate surface area is 104 Å². The van der Waals surface area contributed by atoms with Crippen LogP contribution in [-0.2, 0) is 10.0 Å². The lowest BCUT2D eigenvalue weighted by Crippen LogP contribution is -2.25. The summed E-state index contributed by atoms with van der Waals surface area (Å²) in [6, 6.07) is 4.47. The van der Waals surface area contributed by atoms with Gasteiger partial charge in [-0.25, -0.2) is 13.1 Å². The van der Waals surface area contributed by atoms with Crippen molar-refractivity contribution < 1.29 is 13.5 Å². The van der Waals surface area contributed by atoms with Crippen LogP contribution in [0.15, 0.2) is 23.1 Å². The van der Waals surface area contributed by atoms with Crippen LogP contribution in [0.3, 0.4) is 0 Å². The predicted octanol–water partition coefficient (Wildman–Crippen LogP) is 1.65. The second kappa shape index (κ2) is 5.84. The molecule has 0 amide bonds. The van der Waals surface area contributed by atoms with Gasteiger partial charge in [0.15, 0.2) is 0 Å². The number of nitrogens with one attached hydrogen (secondary N) is 1. The Bertz CT molecular complexity index is 442. The van der Waals surface area contributed by atoms with Crippen LogP contribution in [0.5, 0.6) is 0 Å². The maximum atomic E-state index is 11.8. The van der Waals surface area contributed by atoms with Crippen molar-refractivity contribution in [1.29, 1.82) is 0 Å². The van der Waals surface area contributed by atoms with Crippen LogP contribution >= 0.6 is 23.2 Å². The van der Waals surface area contributed by atoms with E-state index in [2.05, 4.69) is 4.72 Å². The van der Waals surface area contributed by atoms with E-state index in [1.807, 2.05) is 0 Å². The normalized spacial score (nSPS) is 11.7. The van der Waals surface area contributed by atoms with E-state index >= 15 is 0 Å². The van der Waals surface area contributed by atoms with E-state index in [9.17, 15) is 8.42 Å². The van der Waals surface area contributed by atoms with Crippen molar-refractivity contribution in [1.82, 2.24) is 4.72 Å². The van der Waals surface area contributed by atoms with Crippen molar-refractivity contribution in [3.05, 3.63) is 28.2 Å². The molecule has 0 aromatic heterocycles. The molecule has 0 heterocycles. The number of aliphatic hydroxyl groups excluding tert-OH is 1. The lowest BCUT2D eigenvalue weighted by molar-refractivity contribution is 0.289. The molecule has 1 rings (SSSR count). The minimum atomic E-state index is -3.72. The average molecular weight is 284 g/mol. The fraction of sp³-hybridized carbons (Fsp3) is 0.333. The van der Waals surface area contributed by atoms with Crippen LogP contribution in [0, 0.1) is 0 Å². The van der Waals surface area contributed by atoms with Gasteiger partial charge < -0.3 is 5.11 Å². The molecule has 0 bridgehead atoms. The van der Waals surface area contributed by atoms with Crippen LogP contribution < -0.4 is 4.72 Å². The summed E-state index contributed by atoms with van der Waals surface area (Å²) >= 11 is 11.5. The minimum Gasteiger partial charge on any atom is -0.396 e. The largest absolute Gasteiger partial charge is 0.396 e. The van der Waals surface area contributed by atoms with Gasteiger partial charge in [0.2, 0.25) is 10.0 Å². The van der Waals surface area contributed by atoms with E-state index < -0.39 is 10.0 Å². The summed E-state index contributed by atoms with van der Waals surface area (Å²) in [5.41, 5.74) is 0. The molecule has 16 heavy (non-hydrogen) atoms. The summed E-state index contributed by atoms with van der Waals surface area (Å²) in [6.45, 7) is 0.0547. The van der Waals surface area contributed by atoms with E-state index in [4.69, 9.17) is 28.3 Å². The number of benzene rings is 1. The highest BCUT2D eigenvalue weighted by Crippen LogP contribution is 2.28. The van der Waals surface area contributed by atoms with Gasteiger partial charge in [-0.1, -0.05) is 29.3 Å². The molecule has 0 fully saturated rings. The zero-order valence-corrected chi connectivity index (χ0v) is 10.6. The maximum Gasteiger partial charge on any atom is 0.243 e. The molecule has 1 aromatic carbocycles. The van der Waals surface area contributed by atoms with Crippen LogP contribution in [0.2, 0.25) is 10.0 Å². The summed E-state index contributed by atoms with van der Waals surface area (Å²) in [5, 5.41) is 8.70. The first-order valence-electron chi connectivity index (χ1n) is 4.53. The third-order valence-electron chi connectivity index (χ3n) is 1.81. The minimum absolute atomic E-state index is 0.0731. The first-order valence-corrected chi connectivity index (χ1v) is 6.77. The lowest BCUT2D eigenvalue weighted by atomic mass is 10.4. The van der Waals surface area contributed by atoms with Crippen molar-refractivity contribution in [3.63, 3.8) is 0 Å². The topological polar surface area (TPSA) is 66.4 Å². The molecule has 0 spiro atoms. The van der Waals surface area contributed by atoms with Crippen LogP contribution in [-0.4, -0.2) is 26.7 Å². The summed E-state index contributed by atoms with van der Waals surface area (Å²) in [7, 11) is -3.72. The Balaban J connectivity index is 2.98. The number of hydrogen-bond acceptors (Lipinski definition) is 3. The van der Waals surface area contributed by atoms with Gasteiger partial charge in [0.1, 0.15) is 4.90 Å². The quantitative estimate of drug-likeness (QED) is 0.808. The summed E-state index contributed by atoms with van der Waals surface area (Å²) in [6.07, 6.45) is 0.335. The third kappa shape index (κ3) is 3.33. The zero-order valence-electron chi connectivity index (χ0n) is 8.28. The number of aliphatic hydroxyl groups is 1. The van der Waals surface area contributed by atoms with E-state index in [1.165, 1.54) is 12.1 Å². The first kappa shape index (κ1) is 13.7. The molecule has 0 aliphatic heterocycles. The van der Waals surface area contributed by atoms with E-state index in [0.29, 0.717) is 6.42 Å². The molecule has 0 aliphatic carbocycles. The Morgan fingerprint density at radius 3 is 2.31 bits per heavy atom. The summed E-state index contributed by atoms with van der Waals surface area (Å²) in [5.74, 6) is 0. The van der Waals surface area contributed by atoms with Crippen LogP contribution in [0.4, 0.5) is 0 Å². The van der Waals surface area contributed by atoms with Gasteiger partial charge in [-0.2, -0.15) is 0 Å². The molecule has 0 saturated heterocycles. The number of hydrogen-bond donors (Lipinski definition) is 2. The Morgan fingerprint density at radius 2 is 1.81 bits per heavy atom. The van der Waals surface area contributed by atoms with E-state index in [-0.39, 0.29) is 28.1 Å². The Hall–Kier alpha value is -0.330. The van der Waals surface area contributed by atoms with Crippen molar-refractivity contribution in [3.8, 4) is 0 Å². The molecular formula is C9H11Cl2NO3S. The highest BCUT2D eigenvalue weighted by Gasteiger charge is 2.20. The smallest absolute Gasteiger partial charge is 0.243 e. The molecule has 0 radical (unpaired) electrons. The van der Waals surface area contributed by atoms with E-state index in [0.717, 1.165) is 0 Å². The molecule has 0 saturated carbocycles. The Kier molecular flexibility index (Phi) is 5.01. The van der Waals surface area contributed by atoms with Crippen molar-refractivity contribution in [2.24, 2.45) is 0 Å². The molecule has 1 aromatic rings. The first-order chi connectivity index (χ1) is 7.49. The number of sulfonamides is 1. The van der Waals surface area contributed by atoms with Gasteiger partial charge in [0, 0.05) is 13.2 Å². The Morgan fingerprint density at radius 1 is 1.25 bits per heavy atom. The van der Waals surface area contributed by atoms with Crippen molar-refractivity contribution >= 4 is 33.2 Å².